The van der Waals surface area contributed by atoms with Gasteiger partial charge in [-0.05, 0) is 56.3 Å². The van der Waals surface area contributed by atoms with E-state index in [-0.39, 0.29) is 5.91 Å². The molecular formula is C23H30N2O2. The smallest absolute Gasteiger partial charge is 0.256 e. The predicted molar refractivity (Wildman–Crippen MR) is 109 cm³/mol. The van der Waals surface area contributed by atoms with Gasteiger partial charge in [-0.15, -0.1) is 0 Å². The summed E-state index contributed by atoms with van der Waals surface area (Å²) in [6, 6.07) is 16.5. The first kappa shape index (κ1) is 19.6. The van der Waals surface area contributed by atoms with E-state index in [4.69, 9.17) is 0 Å². The molecular weight excluding hydrogens is 336 g/mol. The summed E-state index contributed by atoms with van der Waals surface area (Å²) < 4.78 is 0. The molecule has 0 unspecified atom stereocenters. The highest BCUT2D eigenvalue weighted by Gasteiger charge is 2.41. The highest BCUT2D eigenvalue weighted by atomic mass is 16.3. The van der Waals surface area contributed by atoms with Gasteiger partial charge in [-0.25, -0.2) is 0 Å². The molecule has 3 rings (SSSR count). The largest absolute Gasteiger partial charge is 0.379 e. The number of carbonyl (C=O) groups excluding carboxylic acids is 1. The van der Waals surface area contributed by atoms with Crippen LogP contribution in [0.25, 0.3) is 0 Å². The average Bonchev–Trinajstić information content (AvgIpc) is 2.64. The number of aliphatic hydroxyl groups is 1. The van der Waals surface area contributed by atoms with Gasteiger partial charge in [0.05, 0.1) is 0 Å². The SMILES string of the molecule is Cc1cccc(CN2CCC[C@](O)(CNCCc3ccccc3C)C2=O)c1. The van der Waals surface area contributed by atoms with Crippen LogP contribution >= 0.6 is 0 Å². The molecule has 1 atom stereocenters. The molecule has 2 N–H and O–H groups in total. The van der Waals surface area contributed by atoms with Crippen molar-refractivity contribution in [2.75, 3.05) is 19.6 Å². The number of hydrogen-bond acceptors (Lipinski definition) is 3. The number of amides is 1. The molecule has 4 heteroatoms. The Morgan fingerprint density at radius 1 is 1.15 bits per heavy atom. The molecule has 144 valence electrons. The predicted octanol–water partition coefficient (Wildman–Crippen LogP) is 2.99. The van der Waals surface area contributed by atoms with Crippen molar-refractivity contribution in [2.45, 2.75) is 45.3 Å². The maximum absolute atomic E-state index is 12.9. The quantitative estimate of drug-likeness (QED) is 0.741. The van der Waals surface area contributed by atoms with E-state index < -0.39 is 5.60 Å². The number of benzene rings is 2. The van der Waals surface area contributed by atoms with Gasteiger partial charge in [-0.2, -0.15) is 0 Å². The van der Waals surface area contributed by atoms with E-state index in [0.29, 0.717) is 26.1 Å². The molecule has 1 aliphatic heterocycles. The fourth-order valence-corrected chi connectivity index (χ4v) is 3.82. The fraction of sp³-hybridized carbons (Fsp3) is 0.435. The van der Waals surface area contributed by atoms with E-state index in [1.807, 2.05) is 24.3 Å². The van der Waals surface area contributed by atoms with E-state index >= 15 is 0 Å². The van der Waals surface area contributed by atoms with Crippen LogP contribution in [0.3, 0.4) is 0 Å². The Morgan fingerprint density at radius 3 is 2.74 bits per heavy atom. The van der Waals surface area contributed by atoms with Crippen LogP contribution in [0, 0.1) is 13.8 Å². The zero-order chi connectivity index (χ0) is 19.3. The molecule has 4 nitrogen and oxygen atoms in total. The maximum Gasteiger partial charge on any atom is 0.256 e. The standard InChI is InChI=1S/C23H30N2O2/c1-18-7-5-9-20(15-18)16-25-14-6-12-23(27,22(25)26)17-24-13-11-21-10-4-3-8-19(21)2/h3-5,7-10,15,24,27H,6,11-14,16-17H2,1-2H3/t23-/m0/s1. The number of nitrogens with one attached hydrogen (secondary N) is 1. The highest BCUT2D eigenvalue weighted by molar-refractivity contribution is 5.86. The first-order chi connectivity index (χ1) is 13.0. The van der Waals surface area contributed by atoms with Gasteiger partial charge < -0.3 is 15.3 Å². The van der Waals surface area contributed by atoms with Crippen molar-refractivity contribution < 1.29 is 9.90 Å². The molecule has 1 amide bonds. The molecule has 1 fully saturated rings. The van der Waals surface area contributed by atoms with Crippen LogP contribution in [-0.2, 0) is 17.8 Å². The Labute approximate surface area is 162 Å². The number of likely N-dealkylation sites (tertiary alicyclic amines) is 1. The Hall–Kier alpha value is -2.17. The summed E-state index contributed by atoms with van der Waals surface area (Å²) in [5.41, 5.74) is 3.57. The lowest BCUT2D eigenvalue weighted by molar-refractivity contribution is -0.157. The van der Waals surface area contributed by atoms with Crippen LogP contribution < -0.4 is 5.32 Å². The minimum atomic E-state index is -1.30. The van der Waals surface area contributed by atoms with E-state index in [1.165, 1.54) is 16.7 Å². The van der Waals surface area contributed by atoms with Crippen molar-refractivity contribution in [3.05, 3.63) is 70.8 Å². The lowest BCUT2D eigenvalue weighted by atomic mass is 9.91. The minimum absolute atomic E-state index is 0.154. The third kappa shape index (κ3) is 4.96. The summed E-state index contributed by atoms with van der Waals surface area (Å²) in [5.74, 6) is -0.154. The fourth-order valence-electron chi connectivity index (χ4n) is 3.82. The summed E-state index contributed by atoms with van der Waals surface area (Å²) in [6.07, 6.45) is 2.24. The Balaban J connectivity index is 1.54. The number of carbonyl (C=O) groups is 1. The van der Waals surface area contributed by atoms with E-state index in [1.54, 1.807) is 4.90 Å². The summed E-state index contributed by atoms with van der Waals surface area (Å²) in [6.45, 7) is 6.48. The van der Waals surface area contributed by atoms with Crippen molar-refractivity contribution in [2.24, 2.45) is 0 Å². The van der Waals surface area contributed by atoms with Crippen molar-refractivity contribution in [3.8, 4) is 0 Å². The summed E-state index contributed by atoms with van der Waals surface area (Å²) >= 11 is 0. The molecule has 1 heterocycles. The molecule has 0 spiro atoms. The molecule has 2 aromatic carbocycles. The van der Waals surface area contributed by atoms with Gasteiger partial charge in [-0.1, -0.05) is 54.1 Å². The molecule has 0 radical (unpaired) electrons. The van der Waals surface area contributed by atoms with Crippen LogP contribution in [0.2, 0.25) is 0 Å². The number of aryl methyl sites for hydroxylation is 2. The van der Waals surface area contributed by atoms with Crippen molar-refractivity contribution in [1.82, 2.24) is 10.2 Å². The third-order valence-electron chi connectivity index (χ3n) is 5.41. The van der Waals surface area contributed by atoms with Crippen LogP contribution in [0.15, 0.2) is 48.5 Å². The minimum Gasteiger partial charge on any atom is -0.379 e. The van der Waals surface area contributed by atoms with Crippen molar-refractivity contribution in [3.63, 3.8) is 0 Å². The van der Waals surface area contributed by atoms with Gasteiger partial charge in [0.2, 0.25) is 0 Å². The van der Waals surface area contributed by atoms with Gasteiger partial charge in [0.25, 0.3) is 5.91 Å². The molecule has 0 aliphatic carbocycles. The van der Waals surface area contributed by atoms with Crippen molar-refractivity contribution >= 4 is 5.91 Å². The van der Waals surface area contributed by atoms with Crippen molar-refractivity contribution in [1.29, 1.82) is 0 Å². The molecule has 0 saturated carbocycles. The number of piperidine rings is 1. The first-order valence-corrected chi connectivity index (χ1v) is 9.80. The van der Waals surface area contributed by atoms with Crippen LogP contribution in [0.4, 0.5) is 0 Å². The Bertz CT molecular complexity index is 789. The van der Waals surface area contributed by atoms with E-state index in [2.05, 4.69) is 43.4 Å². The van der Waals surface area contributed by atoms with Gasteiger partial charge in [-0.3, -0.25) is 4.79 Å². The summed E-state index contributed by atoms with van der Waals surface area (Å²) in [5, 5.41) is 14.2. The van der Waals surface area contributed by atoms with Gasteiger partial charge in [0.1, 0.15) is 0 Å². The first-order valence-electron chi connectivity index (χ1n) is 9.80. The lowest BCUT2D eigenvalue weighted by Gasteiger charge is -2.38. The van der Waals surface area contributed by atoms with Crippen LogP contribution in [-0.4, -0.2) is 41.1 Å². The Kier molecular flexibility index (Phi) is 6.30. The molecule has 0 aromatic heterocycles. The van der Waals surface area contributed by atoms with Gasteiger partial charge >= 0.3 is 0 Å². The second-order valence-electron chi connectivity index (χ2n) is 7.70. The second kappa shape index (κ2) is 8.68. The highest BCUT2D eigenvalue weighted by Crippen LogP contribution is 2.24. The Morgan fingerprint density at radius 2 is 1.96 bits per heavy atom. The monoisotopic (exact) mass is 366 g/mol. The number of rotatable bonds is 7. The zero-order valence-corrected chi connectivity index (χ0v) is 16.4. The molecule has 2 aromatic rings. The lowest BCUT2D eigenvalue weighted by Crippen LogP contribution is -2.57. The average molecular weight is 367 g/mol. The third-order valence-corrected chi connectivity index (χ3v) is 5.41. The topological polar surface area (TPSA) is 52.6 Å². The van der Waals surface area contributed by atoms with E-state index in [0.717, 1.165) is 24.9 Å². The molecule has 0 bridgehead atoms. The second-order valence-corrected chi connectivity index (χ2v) is 7.70. The number of nitrogens with zero attached hydrogens (tertiary/aromatic N) is 1. The normalized spacial score (nSPS) is 20.1. The molecule has 1 saturated heterocycles. The van der Waals surface area contributed by atoms with Gasteiger partial charge in [0, 0.05) is 19.6 Å². The van der Waals surface area contributed by atoms with E-state index in [9.17, 15) is 9.90 Å². The summed E-state index contributed by atoms with van der Waals surface area (Å²) in [4.78, 5) is 14.7. The van der Waals surface area contributed by atoms with Crippen LogP contribution in [0.1, 0.15) is 35.1 Å². The van der Waals surface area contributed by atoms with Crippen LogP contribution in [0.5, 0.6) is 0 Å². The maximum atomic E-state index is 12.9. The summed E-state index contributed by atoms with van der Waals surface area (Å²) in [7, 11) is 0. The molecule has 27 heavy (non-hydrogen) atoms. The molecule has 1 aliphatic rings. The van der Waals surface area contributed by atoms with Gasteiger partial charge in [0.15, 0.2) is 5.60 Å². The number of hydrogen-bond donors (Lipinski definition) is 2. The zero-order valence-electron chi connectivity index (χ0n) is 16.4.